The van der Waals surface area contributed by atoms with E-state index in [9.17, 15) is 4.79 Å². The molecule has 0 saturated heterocycles. The van der Waals surface area contributed by atoms with E-state index in [1.54, 1.807) is 0 Å². The fraction of sp³-hybridized carbons (Fsp3) is 0.150. The van der Waals surface area contributed by atoms with Crippen LogP contribution in [0.5, 0.6) is 0 Å². The molecule has 1 amide bonds. The molecular formula is C20H19N7O2. The number of carbonyl (C=O) groups excluding carboxylic acids is 1. The number of carbonyl (C=O) groups is 1. The highest BCUT2D eigenvalue weighted by Gasteiger charge is 2.20. The van der Waals surface area contributed by atoms with Gasteiger partial charge in [-0.25, -0.2) is 4.68 Å². The summed E-state index contributed by atoms with van der Waals surface area (Å²) in [5, 5.41) is 14.7. The first-order valence-corrected chi connectivity index (χ1v) is 8.97. The van der Waals surface area contributed by atoms with Crippen LogP contribution in [0.15, 0.2) is 53.1 Å². The van der Waals surface area contributed by atoms with Crippen molar-refractivity contribution in [1.29, 1.82) is 0 Å². The Morgan fingerprint density at radius 1 is 1.14 bits per heavy atom. The van der Waals surface area contributed by atoms with E-state index in [4.69, 9.17) is 10.3 Å². The molecule has 9 heteroatoms. The maximum absolute atomic E-state index is 12.4. The first-order valence-electron chi connectivity index (χ1n) is 8.97. The van der Waals surface area contributed by atoms with Crippen LogP contribution in [0.4, 0.5) is 11.5 Å². The highest BCUT2D eigenvalue weighted by Crippen LogP contribution is 2.24. The molecule has 0 radical (unpaired) electrons. The molecule has 0 saturated carbocycles. The number of aryl methyl sites for hydroxylation is 2. The summed E-state index contributed by atoms with van der Waals surface area (Å²) >= 11 is 0. The van der Waals surface area contributed by atoms with Gasteiger partial charge in [-0.2, -0.15) is 4.98 Å². The number of hydrogen-bond acceptors (Lipinski definition) is 7. The van der Waals surface area contributed by atoms with Gasteiger partial charge in [0.2, 0.25) is 11.7 Å². The van der Waals surface area contributed by atoms with Gasteiger partial charge < -0.3 is 15.6 Å². The van der Waals surface area contributed by atoms with Crippen LogP contribution in [0.25, 0.3) is 23.0 Å². The lowest BCUT2D eigenvalue weighted by atomic mass is 10.1. The fourth-order valence-corrected chi connectivity index (χ4v) is 2.77. The van der Waals surface area contributed by atoms with Crippen molar-refractivity contribution in [2.75, 3.05) is 11.1 Å². The van der Waals surface area contributed by atoms with Gasteiger partial charge in [-0.15, -0.1) is 5.10 Å². The van der Waals surface area contributed by atoms with Crippen molar-refractivity contribution in [2.24, 2.45) is 0 Å². The van der Waals surface area contributed by atoms with Crippen molar-refractivity contribution >= 4 is 17.4 Å². The molecule has 0 spiro atoms. The molecule has 2 heterocycles. The Hall–Kier alpha value is -4.01. The number of nitrogen functional groups attached to an aromatic ring is 1. The highest BCUT2D eigenvalue weighted by molar-refractivity contribution is 5.91. The number of benzene rings is 2. The van der Waals surface area contributed by atoms with Gasteiger partial charge in [0.25, 0.3) is 5.89 Å². The first kappa shape index (κ1) is 18.4. The van der Waals surface area contributed by atoms with E-state index in [1.807, 2.05) is 62.4 Å². The maximum Gasteiger partial charge on any atom is 0.282 e. The van der Waals surface area contributed by atoms with Crippen molar-refractivity contribution < 1.29 is 9.32 Å². The molecule has 4 rings (SSSR count). The van der Waals surface area contributed by atoms with Gasteiger partial charge in [0, 0.05) is 11.3 Å². The number of hydrogen-bond donors (Lipinski definition) is 2. The summed E-state index contributed by atoms with van der Waals surface area (Å²) in [6.45, 7) is 3.91. The van der Waals surface area contributed by atoms with Crippen molar-refractivity contribution in [2.45, 2.75) is 20.4 Å². The molecule has 4 aromatic rings. The minimum absolute atomic E-state index is 0.0918. The van der Waals surface area contributed by atoms with Gasteiger partial charge in [0.15, 0.2) is 11.5 Å². The monoisotopic (exact) mass is 389 g/mol. The van der Waals surface area contributed by atoms with E-state index in [2.05, 4.69) is 25.8 Å². The highest BCUT2D eigenvalue weighted by atomic mass is 16.5. The average molecular weight is 389 g/mol. The molecule has 2 aromatic heterocycles. The second-order valence-corrected chi connectivity index (χ2v) is 6.62. The lowest BCUT2D eigenvalue weighted by Crippen LogP contribution is -2.20. The van der Waals surface area contributed by atoms with Gasteiger partial charge in [0.05, 0.1) is 0 Å². The molecule has 0 aliphatic carbocycles. The second kappa shape index (κ2) is 7.55. The zero-order valence-corrected chi connectivity index (χ0v) is 16.0. The first-order chi connectivity index (χ1) is 14.0. The maximum atomic E-state index is 12.4. The van der Waals surface area contributed by atoms with Gasteiger partial charge >= 0.3 is 0 Å². The lowest BCUT2D eigenvalue weighted by Gasteiger charge is -2.08. The largest absolute Gasteiger partial charge is 0.382 e. The second-order valence-electron chi connectivity index (χ2n) is 6.62. The molecule has 29 heavy (non-hydrogen) atoms. The summed E-state index contributed by atoms with van der Waals surface area (Å²) < 4.78 is 6.56. The predicted octanol–water partition coefficient (Wildman–Crippen LogP) is 2.83. The minimum atomic E-state index is -0.271. The molecule has 0 bridgehead atoms. The van der Waals surface area contributed by atoms with Crippen LogP contribution >= 0.6 is 0 Å². The number of rotatable bonds is 5. The zero-order valence-electron chi connectivity index (χ0n) is 16.0. The van der Waals surface area contributed by atoms with Gasteiger partial charge in [-0.3, -0.25) is 4.79 Å². The number of aromatic nitrogens is 5. The molecule has 3 N–H and O–H groups in total. The average Bonchev–Trinajstić information content (AvgIpc) is 3.33. The summed E-state index contributed by atoms with van der Waals surface area (Å²) in [5.41, 5.74) is 10.1. The third-order valence-electron chi connectivity index (χ3n) is 4.52. The van der Waals surface area contributed by atoms with Crippen LogP contribution in [-0.2, 0) is 11.3 Å². The molecule has 9 nitrogen and oxygen atoms in total. The Labute approximate surface area is 166 Å². The van der Waals surface area contributed by atoms with Crippen LogP contribution in [0.2, 0.25) is 0 Å². The van der Waals surface area contributed by atoms with E-state index in [1.165, 1.54) is 4.68 Å². The van der Waals surface area contributed by atoms with Crippen molar-refractivity contribution in [3.63, 3.8) is 0 Å². The van der Waals surface area contributed by atoms with Crippen LogP contribution in [0, 0.1) is 13.8 Å². The smallest absolute Gasteiger partial charge is 0.282 e. The molecule has 0 aliphatic rings. The number of nitrogens with one attached hydrogen (secondary N) is 1. The standard InChI is InChI=1S/C20H19N7O2/c1-12-8-9-15(10-13(12)2)22-16(28)11-27-18(21)17(24-26-27)20-23-19(25-29-20)14-6-4-3-5-7-14/h3-10H,11,21H2,1-2H3,(H,22,28). The third-order valence-corrected chi connectivity index (χ3v) is 4.52. The quantitative estimate of drug-likeness (QED) is 0.537. The van der Waals surface area contributed by atoms with E-state index in [0.29, 0.717) is 11.5 Å². The van der Waals surface area contributed by atoms with Crippen LogP contribution < -0.4 is 11.1 Å². The number of nitrogens with two attached hydrogens (primary N) is 1. The third kappa shape index (κ3) is 3.84. The van der Waals surface area contributed by atoms with E-state index in [0.717, 1.165) is 16.7 Å². The van der Waals surface area contributed by atoms with E-state index < -0.39 is 0 Å². The van der Waals surface area contributed by atoms with Crippen LogP contribution in [0.3, 0.4) is 0 Å². The molecule has 0 aliphatic heterocycles. The normalized spacial score (nSPS) is 10.8. The topological polar surface area (TPSA) is 125 Å². The summed E-state index contributed by atoms with van der Waals surface area (Å²) in [5.74, 6) is 0.458. The molecule has 146 valence electrons. The predicted molar refractivity (Wildman–Crippen MR) is 108 cm³/mol. The van der Waals surface area contributed by atoms with E-state index >= 15 is 0 Å². The number of nitrogens with zero attached hydrogens (tertiary/aromatic N) is 5. The SMILES string of the molecule is Cc1ccc(NC(=O)Cn2nnc(-c3nc(-c4ccccc4)no3)c2N)cc1C. The van der Waals surface area contributed by atoms with Crippen molar-refractivity contribution in [1.82, 2.24) is 25.1 Å². The van der Waals surface area contributed by atoms with Crippen LogP contribution in [-0.4, -0.2) is 31.0 Å². The Morgan fingerprint density at radius 2 is 1.93 bits per heavy atom. The summed E-state index contributed by atoms with van der Waals surface area (Å²) in [6, 6.07) is 15.1. The summed E-state index contributed by atoms with van der Waals surface area (Å²) in [4.78, 5) is 16.7. The lowest BCUT2D eigenvalue weighted by molar-refractivity contribution is -0.116. The number of amides is 1. The molecule has 0 fully saturated rings. The molecule has 0 atom stereocenters. The van der Waals surface area contributed by atoms with E-state index in [-0.39, 0.29) is 29.9 Å². The zero-order chi connectivity index (χ0) is 20.4. The van der Waals surface area contributed by atoms with Crippen LogP contribution in [0.1, 0.15) is 11.1 Å². The molecular weight excluding hydrogens is 370 g/mol. The van der Waals surface area contributed by atoms with Gasteiger partial charge in [-0.1, -0.05) is 46.8 Å². The minimum Gasteiger partial charge on any atom is -0.382 e. The van der Waals surface area contributed by atoms with Gasteiger partial charge in [-0.05, 0) is 37.1 Å². The molecule has 0 unspecified atom stereocenters. The Morgan fingerprint density at radius 3 is 2.69 bits per heavy atom. The fourth-order valence-electron chi connectivity index (χ4n) is 2.77. The summed E-state index contributed by atoms with van der Waals surface area (Å²) in [6.07, 6.45) is 0. The van der Waals surface area contributed by atoms with Crippen molar-refractivity contribution in [3.8, 4) is 23.0 Å². The summed E-state index contributed by atoms with van der Waals surface area (Å²) in [7, 11) is 0. The Kier molecular flexibility index (Phi) is 4.78. The van der Waals surface area contributed by atoms with Gasteiger partial charge in [0.1, 0.15) is 6.54 Å². The Bertz CT molecular complexity index is 1160. The van der Waals surface area contributed by atoms with Crippen molar-refractivity contribution in [3.05, 3.63) is 59.7 Å². The molecule has 2 aromatic carbocycles. The Balaban J connectivity index is 1.49. The number of anilines is 2.